The minimum atomic E-state index is -0.298. The Morgan fingerprint density at radius 2 is 1.96 bits per heavy atom. The summed E-state index contributed by atoms with van der Waals surface area (Å²) in [7, 11) is 3.09. The van der Waals surface area contributed by atoms with Crippen LogP contribution in [0.2, 0.25) is 0 Å². The summed E-state index contributed by atoms with van der Waals surface area (Å²) in [5.41, 5.74) is 1.11. The molecule has 1 N–H and O–H groups in total. The van der Waals surface area contributed by atoms with Crippen LogP contribution in [0.5, 0.6) is 11.5 Å². The second-order valence-electron chi connectivity index (χ2n) is 6.45. The summed E-state index contributed by atoms with van der Waals surface area (Å²) >= 11 is 1.20. The van der Waals surface area contributed by atoms with E-state index in [1.165, 1.54) is 25.4 Å². The van der Waals surface area contributed by atoms with Gasteiger partial charge in [-0.3, -0.25) is 14.5 Å². The quantitative estimate of drug-likeness (QED) is 0.778. The zero-order chi connectivity index (χ0) is 20.1. The molecule has 0 aliphatic heterocycles. The molecule has 8 heteroatoms. The van der Waals surface area contributed by atoms with Crippen LogP contribution < -0.4 is 19.7 Å². The minimum Gasteiger partial charge on any atom is -0.497 e. The fraction of sp³-hybridized carbons (Fsp3) is 0.421. The van der Waals surface area contributed by atoms with Crippen molar-refractivity contribution in [1.29, 1.82) is 0 Å². The van der Waals surface area contributed by atoms with Crippen LogP contribution in [0.25, 0.3) is 0 Å². The van der Waals surface area contributed by atoms with Gasteiger partial charge in [-0.1, -0.05) is 25.2 Å². The maximum Gasteiger partial charge on any atom is 0.267 e. The first kappa shape index (κ1) is 20.7. The number of hydrogen-bond acceptors (Lipinski definition) is 6. The topological polar surface area (TPSA) is 80.8 Å². The number of amides is 2. The summed E-state index contributed by atoms with van der Waals surface area (Å²) in [4.78, 5) is 31.2. The number of aromatic nitrogens is 1. The van der Waals surface area contributed by atoms with E-state index in [-0.39, 0.29) is 11.8 Å². The number of rotatable bonds is 7. The molecule has 146 valence electrons. The first-order valence-corrected chi connectivity index (χ1v) is 9.37. The van der Waals surface area contributed by atoms with E-state index < -0.39 is 0 Å². The number of nitrogens with one attached hydrogen (secondary N) is 1. The molecular formula is C19H25N3O4S. The molecule has 0 saturated heterocycles. The standard InChI is InChI=1S/C19H25N3O4S/c1-11(2)10-22(13(4)23)19-20-12(3)17(27-19)18(24)21-15-8-7-14(25-5)9-16(15)26-6/h7-9,11H,10H2,1-6H3,(H,21,24). The van der Waals surface area contributed by atoms with Crippen molar-refractivity contribution in [1.82, 2.24) is 4.98 Å². The van der Waals surface area contributed by atoms with Gasteiger partial charge >= 0.3 is 0 Å². The zero-order valence-electron chi connectivity index (χ0n) is 16.5. The third-order valence-corrected chi connectivity index (χ3v) is 4.99. The highest BCUT2D eigenvalue weighted by atomic mass is 32.1. The molecule has 0 atom stereocenters. The molecule has 0 aliphatic carbocycles. The fourth-order valence-electron chi connectivity index (χ4n) is 2.50. The summed E-state index contributed by atoms with van der Waals surface area (Å²) in [5.74, 6) is 1.02. The Labute approximate surface area is 163 Å². The molecule has 0 radical (unpaired) electrons. The first-order chi connectivity index (χ1) is 12.8. The van der Waals surface area contributed by atoms with Gasteiger partial charge in [0.25, 0.3) is 5.91 Å². The van der Waals surface area contributed by atoms with Crippen molar-refractivity contribution in [2.24, 2.45) is 5.92 Å². The SMILES string of the molecule is COc1ccc(NC(=O)c2sc(N(CC(C)C)C(C)=O)nc2C)c(OC)c1. The van der Waals surface area contributed by atoms with Crippen molar-refractivity contribution in [2.45, 2.75) is 27.7 Å². The van der Waals surface area contributed by atoms with Crippen LogP contribution in [0.15, 0.2) is 18.2 Å². The van der Waals surface area contributed by atoms with E-state index in [2.05, 4.69) is 10.3 Å². The molecule has 1 heterocycles. The molecule has 2 rings (SSSR count). The Hall–Kier alpha value is -2.61. The smallest absolute Gasteiger partial charge is 0.267 e. The van der Waals surface area contributed by atoms with Crippen LogP contribution >= 0.6 is 11.3 Å². The van der Waals surface area contributed by atoms with Gasteiger partial charge < -0.3 is 14.8 Å². The predicted molar refractivity (Wildman–Crippen MR) is 107 cm³/mol. The van der Waals surface area contributed by atoms with Gasteiger partial charge in [-0.05, 0) is 25.0 Å². The van der Waals surface area contributed by atoms with Gasteiger partial charge in [-0.2, -0.15) is 0 Å². The molecule has 7 nitrogen and oxygen atoms in total. The summed E-state index contributed by atoms with van der Waals surface area (Å²) in [6.07, 6.45) is 0. The fourth-order valence-corrected chi connectivity index (χ4v) is 3.51. The van der Waals surface area contributed by atoms with Gasteiger partial charge in [-0.25, -0.2) is 4.98 Å². The van der Waals surface area contributed by atoms with Crippen LogP contribution in [0, 0.1) is 12.8 Å². The van der Waals surface area contributed by atoms with Crippen molar-refractivity contribution < 1.29 is 19.1 Å². The van der Waals surface area contributed by atoms with E-state index >= 15 is 0 Å². The highest BCUT2D eigenvalue weighted by molar-refractivity contribution is 7.17. The van der Waals surface area contributed by atoms with Crippen molar-refractivity contribution in [3.8, 4) is 11.5 Å². The summed E-state index contributed by atoms with van der Waals surface area (Å²) in [6.45, 7) is 7.87. The molecule has 0 aliphatic rings. The van der Waals surface area contributed by atoms with Crippen LogP contribution in [0.4, 0.5) is 10.8 Å². The highest BCUT2D eigenvalue weighted by Gasteiger charge is 2.22. The normalized spacial score (nSPS) is 10.6. The van der Waals surface area contributed by atoms with Crippen molar-refractivity contribution in [2.75, 3.05) is 31.0 Å². The second-order valence-corrected chi connectivity index (χ2v) is 7.43. The summed E-state index contributed by atoms with van der Waals surface area (Å²) in [6, 6.07) is 5.15. The Morgan fingerprint density at radius 3 is 2.52 bits per heavy atom. The number of aryl methyl sites for hydroxylation is 1. The lowest BCUT2D eigenvalue weighted by molar-refractivity contribution is -0.116. The molecule has 1 aromatic heterocycles. The number of nitrogens with zero attached hydrogens (tertiary/aromatic N) is 2. The van der Waals surface area contributed by atoms with Gasteiger partial charge in [0.05, 0.1) is 25.6 Å². The van der Waals surface area contributed by atoms with Crippen LogP contribution in [0.3, 0.4) is 0 Å². The average Bonchev–Trinajstić information content (AvgIpc) is 3.01. The third-order valence-electron chi connectivity index (χ3n) is 3.81. The molecule has 0 spiro atoms. The van der Waals surface area contributed by atoms with Gasteiger partial charge in [0.15, 0.2) is 5.13 Å². The Balaban J connectivity index is 2.27. The van der Waals surface area contributed by atoms with Crippen molar-refractivity contribution in [3.63, 3.8) is 0 Å². The largest absolute Gasteiger partial charge is 0.497 e. The Bertz CT molecular complexity index is 832. The number of anilines is 2. The van der Waals surface area contributed by atoms with Gasteiger partial charge in [-0.15, -0.1) is 0 Å². The molecule has 0 saturated carbocycles. The minimum absolute atomic E-state index is 0.0961. The van der Waals surface area contributed by atoms with Gasteiger partial charge in [0, 0.05) is 19.5 Å². The van der Waals surface area contributed by atoms with E-state index in [1.807, 2.05) is 13.8 Å². The molecule has 27 heavy (non-hydrogen) atoms. The van der Waals surface area contributed by atoms with E-state index in [1.54, 1.807) is 37.1 Å². The molecule has 2 aromatic rings. The lowest BCUT2D eigenvalue weighted by Crippen LogP contribution is -2.32. The molecule has 2 amide bonds. The van der Waals surface area contributed by atoms with Crippen molar-refractivity contribution in [3.05, 3.63) is 28.8 Å². The number of methoxy groups -OCH3 is 2. The third kappa shape index (κ3) is 4.97. The number of ether oxygens (including phenoxy) is 2. The van der Waals surface area contributed by atoms with E-state index in [0.29, 0.717) is 45.4 Å². The number of hydrogen-bond donors (Lipinski definition) is 1. The lowest BCUT2D eigenvalue weighted by atomic mass is 10.2. The lowest BCUT2D eigenvalue weighted by Gasteiger charge is -2.19. The molecular weight excluding hydrogens is 366 g/mol. The van der Waals surface area contributed by atoms with Crippen molar-refractivity contribution >= 4 is 34.0 Å². The van der Waals surface area contributed by atoms with Crippen LogP contribution in [0.1, 0.15) is 36.1 Å². The number of thiazole rings is 1. The van der Waals surface area contributed by atoms with Gasteiger partial charge in [0.1, 0.15) is 16.4 Å². The molecule has 1 aromatic carbocycles. The maximum atomic E-state index is 12.8. The van der Waals surface area contributed by atoms with E-state index in [9.17, 15) is 9.59 Å². The van der Waals surface area contributed by atoms with Gasteiger partial charge in [0.2, 0.25) is 5.91 Å². The maximum absolute atomic E-state index is 12.8. The predicted octanol–water partition coefficient (Wildman–Crippen LogP) is 3.73. The summed E-state index contributed by atoms with van der Waals surface area (Å²) < 4.78 is 10.5. The molecule has 0 fully saturated rings. The van der Waals surface area contributed by atoms with Crippen LogP contribution in [-0.4, -0.2) is 37.6 Å². The first-order valence-electron chi connectivity index (χ1n) is 8.55. The molecule has 0 unspecified atom stereocenters. The Kier molecular flexibility index (Phi) is 6.79. The number of benzene rings is 1. The number of carbonyl (C=O) groups is 2. The Morgan fingerprint density at radius 1 is 1.26 bits per heavy atom. The zero-order valence-corrected chi connectivity index (χ0v) is 17.3. The van der Waals surface area contributed by atoms with Crippen LogP contribution in [-0.2, 0) is 4.79 Å². The van der Waals surface area contributed by atoms with E-state index in [4.69, 9.17) is 9.47 Å². The number of carbonyl (C=O) groups excluding carboxylic acids is 2. The highest BCUT2D eigenvalue weighted by Crippen LogP contribution is 2.31. The van der Waals surface area contributed by atoms with E-state index in [0.717, 1.165) is 0 Å². The molecule has 0 bridgehead atoms. The summed E-state index contributed by atoms with van der Waals surface area (Å²) in [5, 5.41) is 3.37. The second kappa shape index (κ2) is 8.85. The average molecular weight is 391 g/mol. The monoisotopic (exact) mass is 391 g/mol.